The van der Waals surface area contributed by atoms with Gasteiger partial charge in [-0.05, 0) is 36.4 Å². The Morgan fingerprint density at radius 2 is 1.90 bits per heavy atom. The van der Waals surface area contributed by atoms with Crippen LogP contribution in [0.25, 0.3) is 0 Å². The number of phenols is 1. The van der Waals surface area contributed by atoms with Crippen molar-refractivity contribution in [3.63, 3.8) is 0 Å². The van der Waals surface area contributed by atoms with Gasteiger partial charge in [0.25, 0.3) is 5.91 Å². The molecule has 2 N–H and O–H groups in total. The molecule has 0 saturated carbocycles. The highest BCUT2D eigenvalue weighted by atomic mass is 16.5. The lowest BCUT2D eigenvalue weighted by Gasteiger charge is -2.08. The molecule has 5 heteroatoms. The number of hydrogen-bond donors (Lipinski definition) is 2. The largest absolute Gasteiger partial charge is 0.508 e. The Morgan fingerprint density at radius 1 is 1.20 bits per heavy atom. The van der Waals surface area contributed by atoms with E-state index in [0.29, 0.717) is 17.0 Å². The Hall–Kier alpha value is -3.00. The number of nitrogens with one attached hydrogen (secondary N) is 1. The third-order valence-electron chi connectivity index (χ3n) is 2.52. The van der Waals surface area contributed by atoms with Crippen molar-refractivity contribution < 1.29 is 14.6 Å². The minimum absolute atomic E-state index is 0.127. The summed E-state index contributed by atoms with van der Waals surface area (Å²) in [4.78, 5) is 11.7. The molecule has 0 radical (unpaired) electrons. The van der Waals surface area contributed by atoms with Crippen LogP contribution in [0.4, 0.5) is 5.69 Å². The molecule has 20 heavy (non-hydrogen) atoms. The lowest BCUT2D eigenvalue weighted by Crippen LogP contribution is -2.20. The van der Waals surface area contributed by atoms with Gasteiger partial charge in [0.15, 0.2) is 6.61 Å². The second kappa shape index (κ2) is 6.25. The van der Waals surface area contributed by atoms with Gasteiger partial charge in [-0.1, -0.05) is 12.1 Å². The van der Waals surface area contributed by atoms with Gasteiger partial charge in [-0.3, -0.25) is 4.79 Å². The molecule has 0 bridgehead atoms. The summed E-state index contributed by atoms with van der Waals surface area (Å²) in [6.07, 6.45) is 0. The van der Waals surface area contributed by atoms with Crippen LogP contribution in [0.5, 0.6) is 11.5 Å². The van der Waals surface area contributed by atoms with Gasteiger partial charge in [0.1, 0.15) is 17.6 Å². The number of nitrogens with zero attached hydrogens (tertiary/aromatic N) is 1. The smallest absolute Gasteiger partial charge is 0.262 e. The highest BCUT2D eigenvalue weighted by molar-refractivity contribution is 5.91. The average molecular weight is 268 g/mol. The first-order valence-electron chi connectivity index (χ1n) is 5.90. The third kappa shape index (κ3) is 3.50. The summed E-state index contributed by atoms with van der Waals surface area (Å²) in [5.74, 6) is 0.154. The van der Waals surface area contributed by atoms with Crippen molar-refractivity contribution in [3.05, 3.63) is 54.1 Å². The molecule has 0 spiro atoms. The van der Waals surface area contributed by atoms with Gasteiger partial charge in [-0.15, -0.1) is 0 Å². The number of aromatic hydroxyl groups is 1. The van der Waals surface area contributed by atoms with Crippen LogP contribution >= 0.6 is 0 Å². The molecule has 0 saturated heterocycles. The summed E-state index contributed by atoms with van der Waals surface area (Å²) in [6.45, 7) is -0.195. The van der Waals surface area contributed by atoms with Crippen molar-refractivity contribution in [2.45, 2.75) is 0 Å². The molecule has 0 aliphatic rings. The zero-order chi connectivity index (χ0) is 14.4. The molecule has 5 nitrogen and oxygen atoms in total. The molecule has 0 atom stereocenters. The number of carbonyl (C=O) groups excluding carboxylic acids is 1. The number of ether oxygens (including phenoxy) is 1. The lowest BCUT2D eigenvalue weighted by atomic mass is 10.2. The van der Waals surface area contributed by atoms with E-state index in [0.717, 1.165) is 0 Å². The number of carbonyl (C=O) groups is 1. The van der Waals surface area contributed by atoms with Crippen LogP contribution in [0.15, 0.2) is 48.5 Å². The van der Waals surface area contributed by atoms with Crippen molar-refractivity contribution in [1.82, 2.24) is 0 Å². The van der Waals surface area contributed by atoms with Gasteiger partial charge in [-0.25, -0.2) is 0 Å². The molecule has 0 unspecified atom stereocenters. The summed E-state index contributed by atoms with van der Waals surface area (Å²) >= 11 is 0. The molecule has 0 aromatic heterocycles. The molecule has 0 aliphatic carbocycles. The topological polar surface area (TPSA) is 82.3 Å². The van der Waals surface area contributed by atoms with E-state index < -0.39 is 0 Å². The number of rotatable bonds is 4. The molecule has 1 amide bonds. The first kappa shape index (κ1) is 13.4. The van der Waals surface area contributed by atoms with E-state index in [2.05, 4.69) is 5.32 Å². The van der Waals surface area contributed by atoms with Crippen molar-refractivity contribution in [3.8, 4) is 17.6 Å². The fraction of sp³-hybridized carbons (Fsp3) is 0.0667. The number of anilines is 1. The molecule has 2 aromatic carbocycles. The van der Waals surface area contributed by atoms with Crippen molar-refractivity contribution >= 4 is 11.6 Å². The molecule has 100 valence electrons. The van der Waals surface area contributed by atoms with Gasteiger partial charge < -0.3 is 15.2 Å². The predicted molar refractivity (Wildman–Crippen MR) is 73.4 cm³/mol. The molecule has 2 rings (SSSR count). The van der Waals surface area contributed by atoms with Crippen LogP contribution < -0.4 is 10.1 Å². The quantitative estimate of drug-likeness (QED) is 0.833. The van der Waals surface area contributed by atoms with Crippen molar-refractivity contribution in [2.75, 3.05) is 11.9 Å². The summed E-state index contributed by atoms with van der Waals surface area (Å²) < 4.78 is 5.30. The molecular weight excluding hydrogens is 256 g/mol. The maximum absolute atomic E-state index is 11.7. The fourth-order valence-corrected chi connectivity index (χ4v) is 1.57. The summed E-state index contributed by atoms with van der Waals surface area (Å²) in [5.41, 5.74) is 0.940. The predicted octanol–water partition coefficient (Wildman–Crippen LogP) is 2.28. The van der Waals surface area contributed by atoms with Crippen LogP contribution in [0.1, 0.15) is 5.56 Å². The van der Waals surface area contributed by atoms with Crippen LogP contribution in [-0.4, -0.2) is 17.6 Å². The molecule has 0 fully saturated rings. The van der Waals surface area contributed by atoms with E-state index in [4.69, 9.17) is 15.1 Å². The number of hydrogen-bond acceptors (Lipinski definition) is 4. The van der Waals surface area contributed by atoms with Gasteiger partial charge in [0.05, 0.1) is 5.56 Å². The molecule has 2 aromatic rings. The number of para-hydroxylation sites is 1. The average Bonchev–Trinajstić information content (AvgIpc) is 2.48. The number of phenolic OH excluding ortho intramolecular Hbond substituents is 1. The van der Waals surface area contributed by atoms with Crippen LogP contribution in [-0.2, 0) is 4.79 Å². The minimum atomic E-state index is -0.344. The Balaban J connectivity index is 1.92. The van der Waals surface area contributed by atoms with Crippen LogP contribution in [0.3, 0.4) is 0 Å². The molecular formula is C15H12N2O3. The van der Waals surface area contributed by atoms with Gasteiger partial charge in [0, 0.05) is 5.69 Å². The summed E-state index contributed by atoms with van der Waals surface area (Å²) in [7, 11) is 0. The van der Waals surface area contributed by atoms with E-state index >= 15 is 0 Å². The van der Waals surface area contributed by atoms with E-state index in [1.54, 1.807) is 36.4 Å². The van der Waals surface area contributed by atoms with Crippen molar-refractivity contribution in [1.29, 1.82) is 5.26 Å². The monoisotopic (exact) mass is 268 g/mol. The van der Waals surface area contributed by atoms with Gasteiger partial charge >= 0.3 is 0 Å². The minimum Gasteiger partial charge on any atom is -0.508 e. The Kier molecular flexibility index (Phi) is 4.20. The second-order valence-electron chi connectivity index (χ2n) is 3.99. The van der Waals surface area contributed by atoms with Crippen LogP contribution in [0.2, 0.25) is 0 Å². The first-order chi connectivity index (χ1) is 9.69. The Morgan fingerprint density at radius 3 is 2.60 bits per heavy atom. The SMILES string of the molecule is N#Cc1ccccc1OCC(=O)Nc1ccc(O)cc1. The molecule has 0 aliphatic heterocycles. The van der Waals surface area contributed by atoms with Crippen LogP contribution in [0, 0.1) is 11.3 Å². The maximum Gasteiger partial charge on any atom is 0.262 e. The van der Waals surface area contributed by atoms with Gasteiger partial charge in [0.2, 0.25) is 0 Å². The first-order valence-corrected chi connectivity index (χ1v) is 5.90. The fourth-order valence-electron chi connectivity index (χ4n) is 1.57. The number of benzene rings is 2. The number of nitriles is 1. The van der Waals surface area contributed by atoms with E-state index in [9.17, 15) is 4.79 Å². The standard InChI is InChI=1S/C15H12N2O3/c16-9-11-3-1-2-4-14(11)20-10-15(19)17-12-5-7-13(18)8-6-12/h1-8,18H,10H2,(H,17,19). The lowest BCUT2D eigenvalue weighted by molar-refractivity contribution is -0.118. The van der Waals surface area contributed by atoms with E-state index in [1.165, 1.54) is 12.1 Å². The Bertz CT molecular complexity index is 645. The summed E-state index contributed by atoms with van der Waals surface area (Å²) in [5, 5.41) is 20.6. The highest BCUT2D eigenvalue weighted by Gasteiger charge is 2.06. The van der Waals surface area contributed by atoms with Gasteiger partial charge in [-0.2, -0.15) is 5.26 Å². The Labute approximate surface area is 116 Å². The molecule has 0 heterocycles. The summed E-state index contributed by atoms with van der Waals surface area (Å²) in [6, 6.07) is 14.8. The van der Waals surface area contributed by atoms with E-state index in [-0.39, 0.29) is 18.3 Å². The normalized spacial score (nSPS) is 9.55. The number of amides is 1. The van der Waals surface area contributed by atoms with E-state index in [1.807, 2.05) is 6.07 Å². The second-order valence-corrected chi connectivity index (χ2v) is 3.99. The maximum atomic E-state index is 11.7. The third-order valence-corrected chi connectivity index (χ3v) is 2.52. The highest BCUT2D eigenvalue weighted by Crippen LogP contribution is 2.17. The zero-order valence-electron chi connectivity index (χ0n) is 10.5. The zero-order valence-corrected chi connectivity index (χ0v) is 10.5. The van der Waals surface area contributed by atoms with Crippen molar-refractivity contribution in [2.24, 2.45) is 0 Å².